The van der Waals surface area contributed by atoms with Crippen LogP contribution in [0.2, 0.25) is 0 Å². The van der Waals surface area contributed by atoms with E-state index in [9.17, 15) is 4.39 Å². The zero-order valence-electron chi connectivity index (χ0n) is 4.97. The van der Waals surface area contributed by atoms with E-state index >= 15 is 0 Å². The molecular formula is C4H5FN4O. The van der Waals surface area contributed by atoms with E-state index in [0.29, 0.717) is 0 Å². The third-order valence-corrected chi connectivity index (χ3v) is 0.566. The van der Waals surface area contributed by atoms with Gasteiger partial charge >= 0.3 is 0 Å². The first-order valence-electron chi connectivity index (χ1n) is 2.22. The summed E-state index contributed by atoms with van der Waals surface area (Å²) in [7, 11) is 0. The predicted molar refractivity (Wildman–Crippen MR) is 32.0 cm³/mol. The average molecular weight is 144 g/mol. The first-order valence-corrected chi connectivity index (χ1v) is 2.22. The van der Waals surface area contributed by atoms with Crippen LogP contribution in [-0.2, 0) is 4.84 Å². The molecule has 0 spiro atoms. The van der Waals surface area contributed by atoms with Crippen molar-refractivity contribution >= 4 is 11.5 Å². The molecule has 0 saturated heterocycles. The van der Waals surface area contributed by atoms with Crippen molar-refractivity contribution in [1.82, 2.24) is 0 Å². The van der Waals surface area contributed by atoms with E-state index in [2.05, 4.69) is 9.99 Å². The third-order valence-electron chi connectivity index (χ3n) is 0.566. The number of nitrogens with zero attached hydrogens (tertiary/aromatic N) is 2. The van der Waals surface area contributed by atoms with Crippen molar-refractivity contribution in [1.29, 1.82) is 10.7 Å². The molecule has 6 heteroatoms. The van der Waals surface area contributed by atoms with E-state index in [1.807, 2.05) is 0 Å². The van der Waals surface area contributed by atoms with Gasteiger partial charge in [0.1, 0.15) is 6.07 Å². The summed E-state index contributed by atoms with van der Waals surface area (Å²) in [5.41, 5.74) is 4.38. The number of hydrogen-bond donors (Lipinski definition) is 2. The highest BCUT2D eigenvalue weighted by atomic mass is 19.1. The van der Waals surface area contributed by atoms with Gasteiger partial charge in [-0.3, -0.25) is 5.41 Å². The zero-order valence-corrected chi connectivity index (χ0v) is 4.97. The summed E-state index contributed by atoms with van der Waals surface area (Å²) in [4.78, 5) is 3.83. The number of alkyl halides is 1. The maximum Gasteiger partial charge on any atom is 0.255 e. The van der Waals surface area contributed by atoms with E-state index in [1.165, 1.54) is 6.07 Å². The minimum atomic E-state index is -1.14. The van der Waals surface area contributed by atoms with Crippen LogP contribution < -0.4 is 5.73 Å². The molecule has 0 bridgehead atoms. The molecule has 0 aromatic rings. The second-order valence-corrected chi connectivity index (χ2v) is 1.20. The number of nitrogens with one attached hydrogen (secondary N) is 1. The highest BCUT2D eigenvalue weighted by Crippen LogP contribution is 1.80. The summed E-state index contributed by atoms with van der Waals surface area (Å²) in [5, 5.41) is 17.7. The maximum atomic E-state index is 11.2. The monoisotopic (exact) mass is 144 g/mol. The summed E-state index contributed by atoms with van der Waals surface area (Å²) in [6.07, 6.45) is 0. The molecule has 0 aromatic carbocycles. The molecule has 3 N–H and O–H groups in total. The third kappa shape index (κ3) is 2.61. The summed E-state index contributed by atoms with van der Waals surface area (Å²) in [5.74, 6) is -0.545. The summed E-state index contributed by atoms with van der Waals surface area (Å²) in [6, 6.07) is 1.45. The Hall–Kier alpha value is -1.64. The van der Waals surface area contributed by atoms with Gasteiger partial charge in [0.05, 0.1) is 0 Å². The maximum absolute atomic E-state index is 11.2. The summed E-state index contributed by atoms with van der Waals surface area (Å²) >= 11 is 0. The van der Waals surface area contributed by atoms with Crippen LogP contribution in [0.5, 0.6) is 0 Å². The molecule has 0 radical (unpaired) electrons. The van der Waals surface area contributed by atoms with Crippen LogP contribution in [0.1, 0.15) is 0 Å². The lowest BCUT2D eigenvalue weighted by molar-refractivity contribution is 0.0642. The molecule has 0 aliphatic heterocycles. The van der Waals surface area contributed by atoms with Gasteiger partial charge in [0.25, 0.3) is 6.86 Å². The number of rotatable bonds is 3. The highest BCUT2D eigenvalue weighted by molar-refractivity contribution is 6.45. The van der Waals surface area contributed by atoms with Gasteiger partial charge in [-0.2, -0.15) is 5.26 Å². The fourth-order valence-corrected chi connectivity index (χ4v) is 0.219. The van der Waals surface area contributed by atoms with Crippen molar-refractivity contribution < 1.29 is 9.23 Å². The molecule has 0 aromatic heterocycles. The number of hydrogen-bond acceptors (Lipinski definition) is 4. The Kier molecular flexibility index (Phi) is 3.56. The molecule has 54 valence electrons. The van der Waals surface area contributed by atoms with Crippen LogP contribution in [0.25, 0.3) is 0 Å². The molecule has 5 nitrogen and oxygen atoms in total. The van der Waals surface area contributed by atoms with Crippen LogP contribution >= 0.6 is 0 Å². The quantitative estimate of drug-likeness (QED) is 0.324. The predicted octanol–water partition coefficient (Wildman–Crippen LogP) is -0.254. The van der Waals surface area contributed by atoms with Gasteiger partial charge in [0.15, 0.2) is 5.84 Å². The van der Waals surface area contributed by atoms with Crippen molar-refractivity contribution in [2.75, 3.05) is 6.86 Å². The minimum Gasteiger partial charge on any atom is -0.382 e. The van der Waals surface area contributed by atoms with Gasteiger partial charge in [0, 0.05) is 0 Å². The fraction of sp³-hybridized carbons (Fsp3) is 0.250. The lowest BCUT2D eigenvalue weighted by Crippen LogP contribution is -2.21. The van der Waals surface area contributed by atoms with Gasteiger partial charge in [-0.15, -0.1) is 0 Å². The van der Waals surface area contributed by atoms with Crippen molar-refractivity contribution in [3.8, 4) is 6.07 Å². The second kappa shape index (κ2) is 4.26. The first kappa shape index (κ1) is 8.36. The first-order chi connectivity index (χ1) is 4.72. The van der Waals surface area contributed by atoms with Crippen molar-refractivity contribution in [3.05, 3.63) is 0 Å². The van der Waals surface area contributed by atoms with E-state index in [-0.39, 0.29) is 0 Å². The smallest absolute Gasteiger partial charge is 0.255 e. The van der Waals surface area contributed by atoms with Crippen LogP contribution in [0.15, 0.2) is 5.16 Å². The van der Waals surface area contributed by atoms with Gasteiger partial charge in [-0.25, -0.2) is 4.39 Å². The molecule has 0 aliphatic rings. The van der Waals surface area contributed by atoms with E-state index in [4.69, 9.17) is 16.4 Å². The Morgan fingerprint density at radius 1 is 1.90 bits per heavy atom. The van der Waals surface area contributed by atoms with Gasteiger partial charge in [-0.05, 0) is 0 Å². The molecular weight excluding hydrogens is 139 g/mol. The Labute approximate surface area is 56.4 Å². The molecule has 10 heavy (non-hydrogen) atoms. The average Bonchev–Trinajstić information content (AvgIpc) is 1.89. The fourth-order valence-electron chi connectivity index (χ4n) is 0.219. The van der Waals surface area contributed by atoms with E-state index in [0.717, 1.165) is 0 Å². The van der Waals surface area contributed by atoms with Crippen molar-refractivity contribution in [3.63, 3.8) is 0 Å². The topological polar surface area (TPSA) is 95.2 Å². The molecule has 0 aliphatic carbocycles. The zero-order chi connectivity index (χ0) is 7.98. The summed E-state index contributed by atoms with van der Waals surface area (Å²) in [6.45, 7) is -1.14. The number of amidine groups is 1. The van der Waals surface area contributed by atoms with Crippen molar-refractivity contribution in [2.24, 2.45) is 10.9 Å². The van der Waals surface area contributed by atoms with Crippen LogP contribution in [0.3, 0.4) is 0 Å². The van der Waals surface area contributed by atoms with Gasteiger partial charge in [-0.1, -0.05) is 5.16 Å². The van der Waals surface area contributed by atoms with E-state index in [1.54, 1.807) is 0 Å². The lowest BCUT2D eigenvalue weighted by atomic mass is 10.4. The summed E-state index contributed by atoms with van der Waals surface area (Å²) < 4.78 is 11.2. The Balaban J connectivity index is 4.09. The number of halogens is 1. The molecule has 0 atom stereocenters. The Bertz CT molecular complexity index is 194. The van der Waals surface area contributed by atoms with Crippen molar-refractivity contribution in [2.45, 2.75) is 0 Å². The second-order valence-electron chi connectivity index (χ2n) is 1.20. The Morgan fingerprint density at radius 3 is 2.80 bits per heavy atom. The number of nitrogens with two attached hydrogens (primary N) is 1. The molecule has 0 unspecified atom stereocenters. The SMILES string of the molecule is N#CC(=NOCF)C(=N)N. The van der Waals surface area contributed by atoms with E-state index < -0.39 is 18.4 Å². The lowest BCUT2D eigenvalue weighted by Gasteiger charge is -1.91. The Morgan fingerprint density at radius 2 is 2.50 bits per heavy atom. The molecule has 0 fully saturated rings. The molecule has 0 heterocycles. The van der Waals surface area contributed by atoms with Crippen LogP contribution in [0.4, 0.5) is 4.39 Å². The molecule has 0 rings (SSSR count). The molecule has 0 saturated carbocycles. The van der Waals surface area contributed by atoms with Gasteiger partial charge < -0.3 is 10.6 Å². The number of oxime groups is 1. The van der Waals surface area contributed by atoms with Gasteiger partial charge in [0.2, 0.25) is 5.71 Å². The minimum absolute atomic E-state index is 0.433. The normalized spacial score (nSPS) is 10.2. The molecule has 0 amide bonds. The van der Waals surface area contributed by atoms with Crippen LogP contribution in [-0.4, -0.2) is 18.4 Å². The number of nitriles is 1. The largest absolute Gasteiger partial charge is 0.382 e. The standard InChI is InChI=1S/C4H5FN4O/c5-2-10-9-3(1-6)4(7)8/h2H2,(H3,7,8). The van der Waals surface area contributed by atoms with Crippen LogP contribution in [0, 0.1) is 16.7 Å². The highest BCUT2D eigenvalue weighted by Gasteiger charge is 2.00.